The highest BCUT2D eigenvalue weighted by Crippen LogP contribution is 2.34. The summed E-state index contributed by atoms with van der Waals surface area (Å²) in [5.74, 6) is 0.976. The molecule has 0 atom stereocenters. The zero-order valence-electron chi connectivity index (χ0n) is 14.0. The molecule has 0 aromatic carbocycles. The van der Waals surface area contributed by atoms with E-state index in [1.165, 1.54) is 12.8 Å². The van der Waals surface area contributed by atoms with Crippen LogP contribution in [-0.4, -0.2) is 28.9 Å². The largest absolute Gasteiger partial charge is 0.392 e. The maximum Gasteiger partial charge on any atom is 0.235 e. The van der Waals surface area contributed by atoms with Gasteiger partial charge in [-0.25, -0.2) is 0 Å². The summed E-state index contributed by atoms with van der Waals surface area (Å²) in [5.41, 5.74) is 5.41. The number of hydrogen-bond donors (Lipinski definition) is 1. The highest BCUT2D eigenvalue weighted by molar-refractivity contribution is 7.80. The monoisotopic (exact) mass is 312 g/mol. The molecule has 1 saturated heterocycles. The molecular weight excluding hydrogens is 280 g/mol. The molecule has 122 valence electrons. The Kier molecular flexibility index (Phi) is 7.64. The first-order chi connectivity index (χ1) is 10.0. The van der Waals surface area contributed by atoms with Gasteiger partial charge in [0.25, 0.3) is 0 Å². The van der Waals surface area contributed by atoms with Crippen LogP contribution in [0, 0.1) is 11.3 Å². The van der Waals surface area contributed by atoms with Gasteiger partial charge in [-0.05, 0) is 31.6 Å². The lowest BCUT2D eigenvalue weighted by atomic mass is 9.77. The Morgan fingerprint density at radius 3 is 2.05 bits per heavy atom. The van der Waals surface area contributed by atoms with Gasteiger partial charge < -0.3 is 10.6 Å². The number of carbonyl (C=O) groups excluding carboxylic acids is 1. The molecule has 0 aliphatic carbocycles. The standard InChI is InChI=1S/C17H32N2OS/c1-4-7-14-8-12-19(13-9-14)16(20)17(10-5-2,11-6-3)15(18)21/h14H,4-13H2,1-3H3,(H2,18,21). The van der Waals surface area contributed by atoms with Crippen LogP contribution in [0.4, 0.5) is 0 Å². The minimum atomic E-state index is -0.601. The van der Waals surface area contributed by atoms with E-state index in [2.05, 4.69) is 20.8 Å². The summed E-state index contributed by atoms with van der Waals surface area (Å²) < 4.78 is 0. The summed E-state index contributed by atoms with van der Waals surface area (Å²) >= 11 is 5.30. The van der Waals surface area contributed by atoms with Crippen LogP contribution in [0.2, 0.25) is 0 Å². The molecular formula is C17H32N2OS. The number of rotatable bonds is 8. The van der Waals surface area contributed by atoms with Gasteiger partial charge in [-0.3, -0.25) is 4.79 Å². The molecule has 4 heteroatoms. The van der Waals surface area contributed by atoms with Crippen molar-refractivity contribution in [1.82, 2.24) is 4.90 Å². The van der Waals surface area contributed by atoms with Gasteiger partial charge in [0.05, 0.1) is 10.4 Å². The van der Waals surface area contributed by atoms with Crippen molar-refractivity contribution in [3.05, 3.63) is 0 Å². The van der Waals surface area contributed by atoms with Crippen molar-refractivity contribution in [1.29, 1.82) is 0 Å². The smallest absolute Gasteiger partial charge is 0.235 e. The van der Waals surface area contributed by atoms with Crippen molar-refractivity contribution >= 4 is 23.1 Å². The second kappa shape index (κ2) is 8.72. The molecule has 0 spiro atoms. The van der Waals surface area contributed by atoms with Crippen LogP contribution >= 0.6 is 12.2 Å². The average Bonchev–Trinajstić information content (AvgIpc) is 2.47. The summed E-state index contributed by atoms with van der Waals surface area (Å²) in [6.45, 7) is 8.19. The van der Waals surface area contributed by atoms with E-state index in [0.29, 0.717) is 4.99 Å². The molecule has 1 rings (SSSR count). The van der Waals surface area contributed by atoms with Gasteiger partial charge in [0.15, 0.2) is 0 Å². The van der Waals surface area contributed by atoms with E-state index in [0.717, 1.165) is 57.5 Å². The zero-order chi connectivity index (χ0) is 15.9. The predicted molar refractivity (Wildman–Crippen MR) is 93.2 cm³/mol. The van der Waals surface area contributed by atoms with Gasteiger partial charge in [0.1, 0.15) is 0 Å². The van der Waals surface area contributed by atoms with Crippen LogP contribution in [0.3, 0.4) is 0 Å². The lowest BCUT2D eigenvalue weighted by molar-refractivity contribution is -0.140. The topological polar surface area (TPSA) is 46.3 Å². The average molecular weight is 313 g/mol. The highest BCUT2D eigenvalue weighted by atomic mass is 32.1. The fourth-order valence-corrected chi connectivity index (χ4v) is 3.97. The molecule has 2 N–H and O–H groups in total. The van der Waals surface area contributed by atoms with E-state index >= 15 is 0 Å². The van der Waals surface area contributed by atoms with Gasteiger partial charge in [0, 0.05) is 13.1 Å². The summed E-state index contributed by atoms with van der Waals surface area (Å²) in [5, 5.41) is 0. The Morgan fingerprint density at radius 1 is 1.14 bits per heavy atom. The molecule has 1 amide bonds. The van der Waals surface area contributed by atoms with Crippen LogP contribution in [0.5, 0.6) is 0 Å². The third-order valence-electron chi connectivity index (χ3n) is 4.83. The molecule has 0 bridgehead atoms. The van der Waals surface area contributed by atoms with Crippen LogP contribution < -0.4 is 5.73 Å². The number of nitrogens with two attached hydrogens (primary N) is 1. The lowest BCUT2D eigenvalue weighted by Crippen LogP contribution is -2.52. The van der Waals surface area contributed by atoms with Gasteiger partial charge in [-0.2, -0.15) is 0 Å². The van der Waals surface area contributed by atoms with Crippen LogP contribution in [0.1, 0.15) is 72.1 Å². The van der Waals surface area contributed by atoms with Crippen LogP contribution in [0.25, 0.3) is 0 Å². The summed E-state index contributed by atoms with van der Waals surface area (Å²) in [4.78, 5) is 15.5. The first kappa shape index (κ1) is 18.4. The van der Waals surface area contributed by atoms with E-state index < -0.39 is 5.41 Å². The number of hydrogen-bond acceptors (Lipinski definition) is 2. The lowest BCUT2D eigenvalue weighted by Gasteiger charge is -2.40. The van der Waals surface area contributed by atoms with Crippen LogP contribution in [0.15, 0.2) is 0 Å². The number of nitrogens with zero attached hydrogens (tertiary/aromatic N) is 1. The van der Waals surface area contributed by atoms with Crippen molar-refractivity contribution in [3.8, 4) is 0 Å². The molecule has 1 aliphatic heterocycles. The van der Waals surface area contributed by atoms with E-state index in [1.807, 2.05) is 4.90 Å². The Balaban J connectivity index is 2.79. The molecule has 1 heterocycles. The fourth-order valence-electron chi connectivity index (χ4n) is 3.68. The van der Waals surface area contributed by atoms with Crippen molar-refractivity contribution in [2.24, 2.45) is 17.1 Å². The maximum atomic E-state index is 13.1. The second-order valence-electron chi connectivity index (χ2n) is 6.47. The molecule has 1 aliphatic rings. The first-order valence-electron chi connectivity index (χ1n) is 8.61. The van der Waals surface area contributed by atoms with E-state index in [1.54, 1.807) is 0 Å². The van der Waals surface area contributed by atoms with Gasteiger partial charge in [-0.15, -0.1) is 0 Å². The minimum Gasteiger partial charge on any atom is -0.392 e. The highest BCUT2D eigenvalue weighted by Gasteiger charge is 2.43. The Bertz CT molecular complexity index is 343. The van der Waals surface area contributed by atoms with Crippen molar-refractivity contribution in [2.75, 3.05) is 13.1 Å². The number of likely N-dealkylation sites (tertiary alicyclic amines) is 1. The molecule has 0 aromatic rings. The maximum absolute atomic E-state index is 13.1. The Morgan fingerprint density at radius 2 is 1.67 bits per heavy atom. The van der Waals surface area contributed by atoms with E-state index in [-0.39, 0.29) is 5.91 Å². The quantitative estimate of drug-likeness (QED) is 0.691. The van der Waals surface area contributed by atoms with Crippen molar-refractivity contribution < 1.29 is 4.79 Å². The molecule has 21 heavy (non-hydrogen) atoms. The number of thiocarbonyl (C=S) groups is 1. The molecule has 0 radical (unpaired) electrons. The minimum absolute atomic E-state index is 0.189. The normalized spacial score (nSPS) is 17.0. The summed E-state index contributed by atoms with van der Waals surface area (Å²) in [7, 11) is 0. The van der Waals surface area contributed by atoms with Crippen molar-refractivity contribution in [2.45, 2.75) is 72.1 Å². The number of carbonyl (C=O) groups is 1. The SMILES string of the molecule is CCCC1CCN(C(=O)C(CCC)(CCC)C(N)=S)CC1. The predicted octanol–water partition coefficient (Wildman–Crippen LogP) is 3.90. The van der Waals surface area contributed by atoms with Crippen molar-refractivity contribution in [3.63, 3.8) is 0 Å². The third kappa shape index (κ3) is 4.41. The second-order valence-corrected chi connectivity index (χ2v) is 6.91. The number of piperidine rings is 1. The zero-order valence-corrected chi connectivity index (χ0v) is 14.8. The van der Waals surface area contributed by atoms with Gasteiger partial charge >= 0.3 is 0 Å². The van der Waals surface area contributed by atoms with Crippen LogP contribution in [-0.2, 0) is 4.79 Å². The molecule has 3 nitrogen and oxygen atoms in total. The summed E-state index contributed by atoms with van der Waals surface area (Å²) in [6.07, 6.45) is 8.22. The van der Waals surface area contributed by atoms with E-state index in [4.69, 9.17) is 18.0 Å². The van der Waals surface area contributed by atoms with Gasteiger partial charge in [0.2, 0.25) is 5.91 Å². The fraction of sp³-hybridized carbons (Fsp3) is 0.882. The molecule has 0 saturated carbocycles. The Hall–Kier alpha value is -0.640. The number of amides is 1. The first-order valence-corrected chi connectivity index (χ1v) is 9.01. The molecule has 0 aromatic heterocycles. The van der Waals surface area contributed by atoms with Gasteiger partial charge in [-0.1, -0.05) is 58.7 Å². The molecule has 1 fully saturated rings. The third-order valence-corrected chi connectivity index (χ3v) is 5.22. The van der Waals surface area contributed by atoms with E-state index in [9.17, 15) is 4.79 Å². The summed E-state index contributed by atoms with van der Waals surface area (Å²) in [6, 6.07) is 0. The molecule has 0 unspecified atom stereocenters. The Labute approximate surface area is 135 Å².